The van der Waals surface area contributed by atoms with Crippen LogP contribution >= 0.6 is 0 Å². The van der Waals surface area contributed by atoms with Crippen molar-refractivity contribution >= 4 is 0 Å². The first-order valence-corrected chi connectivity index (χ1v) is 6.95. The van der Waals surface area contributed by atoms with E-state index in [1.54, 1.807) is 4.57 Å². The first kappa shape index (κ1) is 14.2. The van der Waals surface area contributed by atoms with E-state index in [1.807, 2.05) is 13.1 Å². The van der Waals surface area contributed by atoms with E-state index in [-0.39, 0.29) is 0 Å². The van der Waals surface area contributed by atoms with Crippen molar-refractivity contribution in [3.63, 3.8) is 0 Å². The van der Waals surface area contributed by atoms with Crippen LogP contribution in [0.3, 0.4) is 0 Å². The molecule has 0 amide bonds. The maximum atomic E-state index is 13.4. The van der Waals surface area contributed by atoms with Gasteiger partial charge in [-0.05, 0) is 49.9 Å². The van der Waals surface area contributed by atoms with Crippen LogP contribution in [-0.4, -0.2) is 9.67 Å². The molecule has 0 bridgehead atoms. The van der Waals surface area contributed by atoms with E-state index in [0.717, 1.165) is 35.7 Å². The lowest BCUT2D eigenvalue weighted by atomic mass is 9.93. The predicted molar refractivity (Wildman–Crippen MR) is 73.3 cm³/mol. The van der Waals surface area contributed by atoms with Crippen molar-refractivity contribution in [3.8, 4) is 5.69 Å². The van der Waals surface area contributed by atoms with Crippen LogP contribution in [0.5, 0.6) is 0 Å². The Labute approximate surface area is 120 Å². The number of aliphatic hydroxyl groups excluding tert-OH is 1. The lowest BCUT2D eigenvalue weighted by Crippen LogP contribution is -2.11. The molecule has 2 nitrogen and oxygen atoms in total. The smallest absolute Gasteiger partial charge is 0.266 e. The number of alkyl halides is 2. The summed E-state index contributed by atoms with van der Waals surface area (Å²) in [4.78, 5) is 0. The van der Waals surface area contributed by atoms with Crippen LogP contribution in [0.1, 0.15) is 47.8 Å². The molecule has 3 rings (SSSR count). The van der Waals surface area contributed by atoms with Crippen molar-refractivity contribution in [2.24, 2.45) is 0 Å². The van der Waals surface area contributed by atoms with Gasteiger partial charge in [0.15, 0.2) is 0 Å². The van der Waals surface area contributed by atoms with E-state index < -0.39 is 23.9 Å². The highest BCUT2D eigenvalue weighted by Crippen LogP contribution is 2.35. The van der Waals surface area contributed by atoms with Gasteiger partial charge < -0.3 is 9.67 Å². The number of fused-ring (bicyclic) bond motifs is 1. The van der Waals surface area contributed by atoms with Gasteiger partial charge in [0.1, 0.15) is 5.82 Å². The number of halogens is 3. The minimum absolute atomic E-state index is 0.505. The Morgan fingerprint density at radius 2 is 2.10 bits per heavy atom. The number of aliphatic hydroxyl groups is 1. The van der Waals surface area contributed by atoms with Crippen molar-refractivity contribution in [3.05, 3.63) is 52.6 Å². The number of benzene rings is 1. The molecular weight excluding hydrogens is 279 g/mol. The van der Waals surface area contributed by atoms with Gasteiger partial charge in [-0.25, -0.2) is 13.2 Å². The largest absolute Gasteiger partial charge is 0.388 e. The van der Waals surface area contributed by atoms with E-state index in [4.69, 9.17) is 0 Å². The molecule has 0 fully saturated rings. The minimum atomic E-state index is -2.84. The summed E-state index contributed by atoms with van der Waals surface area (Å²) in [5.74, 6) is -0.897. The van der Waals surface area contributed by atoms with Crippen molar-refractivity contribution < 1.29 is 18.3 Å². The first-order valence-electron chi connectivity index (χ1n) is 6.95. The molecule has 1 N–H and O–H groups in total. The Morgan fingerprint density at radius 3 is 2.81 bits per heavy atom. The summed E-state index contributed by atoms with van der Waals surface area (Å²) >= 11 is 0. The van der Waals surface area contributed by atoms with Gasteiger partial charge in [0.05, 0.1) is 11.7 Å². The molecule has 0 aliphatic heterocycles. The van der Waals surface area contributed by atoms with E-state index in [1.165, 1.54) is 12.1 Å². The molecule has 0 spiro atoms. The number of aryl methyl sites for hydroxylation is 1. The van der Waals surface area contributed by atoms with E-state index in [9.17, 15) is 18.3 Å². The second-order valence-corrected chi connectivity index (χ2v) is 5.46. The Balaban J connectivity index is 2.14. The summed E-state index contributed by atoms with van der Waals surface area (Å²) < 4.78 is 40.9. The van der Waals surface area contributed by atoms with Crippen LogP contribution in [0.25, 0.3) is 5.69 Å². The van der Waals surface area contributed by atoms with Gasteiger partial charge in [-0.2, -0.15) is 0 Å². The normalized spacial score (nSPS) is 18.1. The summed E-state index contributed by atoms with van der Waals surface area (Å²) in [5, 5.41) is 10.1. The van der Waals surface area contributed by atoms with E-state index in [0.29, 0.717) is 12.1 Å². The fraction of sp³-hybridized carbons (Fsp3) is 0.375. The Morgan fingerprint density at radius 1 is 1.33 bits per heavy atom. The summed E-state index contributed by atoms with van der Waals surface area (Å²) in [6, 6.07) is 3.74. The van der Waals surface area contributed by atoms with Gasteiger partial charge in [0.2, 0.25) is 0 Å². The average Bonchev–Trinajstić information content (AvgIpc) is 2.78. The van der Waals surface area contributed by atoms with E-state index >= 15 is 0 Å². The standard InChI is InChI=1S/C16H16F3NO/c1-9-8-20(13-3-2-4-14(21)15(9)13)10-5-6-12(17)11(7-10)16(18)19/h5-8,14,16,21H,2-4H2,1H3. The van der Waals surface area contributed by atoms with Crippen LogP contribution in [0.15, 0.2) is 24.4 Å². The zero-order valence-corrected chi connectivity index (χ0v) is 11.6. The maximum absolute atomic E-state index is 13.4. The molecule has 1 aromatic heterocycles. The third-order valence-electron chi connectivity index (χ3n) is 4.07. The minimum Gasteiger partial charge on any atom is -0.388 e. The molecular formula is C16H16F3NO. The van der Waals surface area contributed by atoms with Gasteiger partial charge in [-0.15, -0.1) is 0 Å². The zero-order valence-electron chi connectivity index (χ0n) is 11.6. The molecule has 2 aromatic rings. The highest BCUT2D eigenvalue weighted by Gasteiger charge is 2.25. The molecule has 1 aliphatic rings. The van der Waals surface area contributed by atoms with Crippen molar-refractivity contribution in [2.75, 3.05) is 0 Å². The summed E-state index contributed by atoms with van der Waals surface area (Å²) in [7, 11) is 0. The molecule has 1 atom stereocenters. The topological polar surface area (TPSA) is 25.2 Å². The van der Waals surface area contributed by atoms with Gasteiger partial charge in [-0.3, -0.25) is 0 Å². The van der Waals surface area contributed by atoms with E-state index in [2.05, 4.69) is 0 Å². The second kappa shape index (κ2) is 5.22. The fourth-order valence-electron chi connectivity index (χ4n) is 3.09. The van der Waals surface area contributed by atoms with Gasteiger partial charge in [-0.1, -0.05) is 0 Å². The van der Waals surface area contributed by atoms with Gasteiger partial charge >= 0.3 is 0 Å². The monoisotopic (exact) mass is 295 g/mol. The van der Waals surface area contributed by atoms with Crippen LogP contribution in [0.4, 0.5) is 13.2 Å². The van der Waals surface area contributed by atoms with Crippen LogP contribution in [-0.2, 0) is 6.42 Å². The lowest BCUT2D eigenvalue weighted by molar-refractivity contribution is 0.146. The zero-order chi connectivity index (χ0) is 15.1. The highest BCUT2D eigenvalue weighted by atomic mass is 19.3. The second-order valence-electron chi connectivity index (χ2n) is 5.46. The molecule has 0 radical (unpaired) electrons. The SMILES string of the molecule is Cc1cn(-c2ccc(F)c(C(F)F)c2)c2c1C(O)CCC2. The lowest BCUT2D eigenvalue weighted by Gasteiger charge is -2.21. The molecule has 1 heterocycles. The third kappa shape index (κ3) is 2.35. The molecule has 0 saturated heterocycles. The average molecular weight is 295 g/mol. The molecule has 0 saturated carbocycles. The van der Waals surface area contributed by atoms with Gasteiger partial charge in [0.25, 0.3) is 6.43 Å². The Hall–Kier alpha value is -1.75. The number of aromatic nitrogens is 1. The number of hydrogen-bond acceptors (Lipinski definition) is 1. The van der Waals surface area contributed by atoms with Crippen molar-refractivity contribution in [1.29, 1.82) is 0 Å². The van der Waals surface area contributed by atoms with Crippen molar-refractivity contribution in [1.82, 2.24) is 4.57 Å². The quantitative estimate of drug-likeness (QED) is 0.881. The number of nitrogens with zero attached hydrogens (tertiary/aromatic N) is 1. The summed E-state index contributed by atoms with van der Waals surface area (Å²) in [6.45, 7) is 1.89. The molecule has 21 heavy (non-hydrogen) atoms. The Bertz CT molecular complexity index is 678. The highest BCUT2D eigenvalue weighted by molar-refractivity contribution is 5.45. The molecule has 5 heteroatoms. The van der Waals surface area contributed by atoms with Crippen LogP contribution in [0.2, 0.25) is 0 Å². The third-order valence-corrected chi connectivity index (χ3v) is 4.07. The number of rotatable bonds is 2. The van der Waals surface area contributed by atoms with Gasteiger partial charge in [0, 0.05) is 23.1 Å². The van der Waals surface area contributed by atoms with Crippen LogP contribution < -0.4 is 0 Å². The molecule has 1 aliphatic carbocycles. The van der Waals surface area contributed by atoms with Crippen molar-refractivity contribution in [2.45, 2.75) is 38.7 Å². The number of hydrogen-bond donors (Lipinski definition) is 1. The Kier molecular flexibility index (Phi) is 3.53. The molecule has 1 aromatic carbocycles. The summed E-state index contributed by atoms with van der Waals surface area (Å²) in [6.07, 6.45) is 0.806. The first-order chi connectivity index (χ1) is 9.99. The molecule has 112 valence electrons. The summed E-state index contributed by atoms with van der Waals surface area (Å²) in [5.41, 5.74) is 2.65. The fourth-order valence-corrected chi connectivity index (χ4v) is 3.09. The predicted octanol–water partition coefficient (Wildman–Crippen LogP) is 4.23. The maximum Gasteiger partial charge on any atom is 0.266 e. The van der Waals surface area contributed by atoms with Crippen LogP contribution in [0, 0.1) is 12.7 Å². The molecule has 1 unspecified atom stereocenters.